The summed E-state index contributed by atoms with van der Waals surface area (Å²) in [6.07, 6.45) is 1.96. The monoisotopic (exact) mass is 215 g/mol. The van der Waals surface area contributed by atoms with Crippen molar-refractivity contribution in [1.82, 2.24) is 0 Å². The van der Waals surface area contributed by atoms with Crippen molar-refractivity contribution < 1.29 is 19.4 Å². The number of carboxylic acid groups (broad SMARTS) is 1. The maximum absolute atomic E-state index is 10.1. The maximum atomic E-state index is 10.1. The highest BCUT2D eigenvalue weighted by molar-refractivity contribution is 5.72. The zero-order valence-corrected chi connectivity index (χ0v) is 8.88. The largest absolute Gasteiger partial charge is 0.481 e. The molecule has 1 aromatic heterocycles. The summed E-state index contributed by atoms with van der Waals surface area (Å²) in [4.78, 5) is 10.1. The van der Waals surface area contributed by atoms with E-state index in [9.17, 15) is 4.79 Å². The lowest BCUT2D eigenvalue weighted by Crippen LogP contribution is -2.31. The van der Waals surface area contributed by atoms with E-state index in [1.165, 1.54) is 12.3 Å². The fourth-order valence-corrected chi connectivity index (χ4v) is 0.879. The van der Waals surface area contributed by atoms with Gasteiger partial charge in [-0.3, -0.25) is 4.79 Å². The third-order valence-electron chi connectivity index (χ3n) is 1.55. The minimum absolute atomic E-state index is 0.0324. The molecule has 0 amide bonds. The molecule has 1 atom stereocenters. The summed E-state index contributed by atoms with van der Waals surface area (Å²) in [6, 6.07) is 2.40. The van der Waals surface area contributed by atoms with Gasteiger partial charge in [-0.2, -0.15) is 0 Å². The molecule has 5 heteroatoms. The molecular formula is C10H17NO4. The Kier molecular flexibility index (Phi) is 6.21. The van der Waals surface area contributed by atoms with Gasteiger partial charge in [0.2, 0.25) is 0 Å². The average molecular weight is 215 g/mol. The molecule has 0 unspecified atom stereocenters. The topological polar surface area (TPSA) is 96.7 Å². The van der Waals surface area contributed by atoms with Gasteiger partial charge in [-0.15, -0.1) is 0 Å². The molecule has 1 rings (SSSR count). The molecule has 1 heterocycles. The minimum atomic E-state index is -0.913. The predicted octanol–water partition coefficient (Wildman–Crippen LogP) is 1.43. The summed E-state index contributed by atoms with van der Waals surface area (Å²) in [6.45, 7) is 3.89. The number of hydrogen-bond donors (Lipinski definition) is 3. The molecule has 4 N–H and O–H groups in total. The van der Waals surface area contributed by atoms with Gasteiger partial charge in [-0.05, 0) is 18.4 Å². The Balaban J connectivity index is 0.000000280. The second-order valence-corrected chi connectivity index (χ2v) is 3.53. The molecule has 0 fully saturated rings. The normalized spacial score (nSPS) is 11.7. The maximum Gasteiger partial charge on any atom is 0.320 e. The van der Waals surface area contributed by atoms with Gasteiger partial charge < -0.3 is 20.4 Å². The Morgan fingerprint density at radius 3 is 2.33 bits per heavy atom. The fraction of sp³-hybridized carbons (Fsp3) is 0.500. The Hall–Kier alpha value is -1.49. The van der Waals surface area contributed by atoms with Gasteiger partial charge >= 0.3 is 5.97 Å². The number of carboxylic acids is 1. The van der Waals surface area contributed by atoms with Crippen LogP contribution in [0.5, 0.6) is 5.95 Å². The Bertz CT molecular complexity index is 269. The van der Waals surface area contributed by atoms with E-state index in [-0.39, 0.29) is 5.95 Å². The predicted molar refractivity (Wildman–Crippen MR) is 55.4 cm³/mol. The van der Waals surface area contributed by atoms with E-state index in [2.05, 4.69) is 4.42 Å². The van der Waals surface area contributed by atoms with E-state index < -0.39 is 12.0 Å². The van der Waals surface area contributed by atoms with Crippen molar-refractivity contribution in [2.24, 2.45) is 11.7 Å². The van der Waals surface area contributed by atoms with Crippen molar-refractivity contribution in [3.8, 4) is 5.95 Å². The van der Waals surface area contributed by atoms with E-state index in [4.69, 9.17) is 15.9 Å². The highest BCUT2D eigenvalue weighted by Crippen LogP contribution is 2.04. The summed E-state index contributed by atoms with van der Waals surface area (Å²) in [5.41, 5.74) is 5.22. The van der Waals surface area contributed by atoms with Crippen LogP contribution in [0.4, 0.5) is 0 Å². The Morgan fingerprint density at radius 2 is 2.20 bits per heavy atom. The van der Waals surface area contributed by atoms with Crippen LogP contribution in [0.2, 0.25) is 0 Å². The second kappa shape index (κ2) is 6.89. The van der Waals surface area contributed by atoms with Gasteiger partial charge in [-0.25, -0.2) is 0 Å². The quantitative estimate of drug-likeness (QED) is 0.708. The number of aliphatic carboxylic acids is 1. The first kappa shape index (κ1) is 13.5. The van der Waals surface area contributed by atoms with Crippen LogP contribution < -0.4 is 5.73 Å². The molecule has 0 spiro atoms. The van der Waals surface area contributed by atoms with Gasteiger partial charge in [-0.1, -0.05) is 13.8 Å². The molecular weight excluding hydrogens is 198 g/mol. The summed E-state index contributed by atoms with van der Waals surface area (Å²) in [5, 5.41) is 16.6. The number of aromatic hydroxyl groups is 1. The number of nitrogens with two attached hydrogens (primary N) is 1. The molecule has 0 radical (unpaired) electrons. The number of rotatable bonds is 3. The van der Waals surface area contributed by atoms with Gasteiger partial charge in [0.1, 0.15) is 6.04 Å². The first-order chi connectivity index (χ1) is 6.93. The van der Waals surface area contributed by atoms with Crippen LogP contribution in [-0.4, -0.2) is 22.2 Å². The third-order valence-corrected chi connectivity index (χ3v) is 1.55. The average Bonchev–Trinajstić information content (AvgIpc) is 2.55. The van der Waals surface area contributed by atoms with Crippen LogP contribution in [0, 0.1) is 5.92 Å². The zero-order valence-electron chi connectivity index (χ0n) is 8.88. The van der Waals surface area contributed by atoms with Gasteiger partial charge in [0.25, 0.3) is 5.95 Å². The summed E-state index contributed by atoms with van der Waals surface area (Å²) < 4.78 is 4.39. The standard InChI is InChI=1S/C6H13NO2.C4H4O2/c1-4(2)3-5(7)6(8)9;5-4-2-1-3-6-4/h4-5H,3,7H2,1-2H3,(H,8,9);1-3,5H/t5-;/m0./s1. The van der Waals surface area contributed by atoms with Gasteiger partial charge in [0.05, 0.1) is 6.26 Å². The first-order valence-corrected chi connectivity index (χ1v) is 4.64. The molecule has 0 aliphatic rings. The molecule has 5 nitrogen and oxygen atoms in total. The molecule has 0 aromatic carbocycles. The SMILES string of the molecule is CC(C)C[C@H](N)C(=O)O.Oc1ccco1. The van der Waals surface area contributed by atoms with Crippen molar-refractivity contribution in [3.63, 3.8) is 0 Å². The van der Waals surface area contributed by atoms with Crippen LogP contribution in [0.25, 0.3) is 0 Å². The first-order valence-electron chi connectivity index (χ1n) is 4.64. The van der Waals surface area contributed by atoms with Crippen LogP contribution in [0.1, 0.15) is 20.3 Å². The van der Waals surface area contributed by atoms with Crippen molar-refractivity contribution in [1.29, 1.82) is 0 Å². The third kappa shape index (κ3) is 7.57. The highest BCUT2D eigenvalue weighted by Gasteiger charge is 2.11. The summed E-state index contributed by atoms with van der Waals surface area (Å²) in [7, 11) is 0. The van der Waals surface area contributed by atoms with Crippen molar-refractivity contribution in [3.05, 3.63) is 18.4 Å². The molecule has 0 bridgehead atoms. The molecule has 0 aliphatic heterocycles. The fourth-order valence-electron chi connectivity index (χ4n) is 0.879. The summed E-state index contributed by atoms with van der Waals surface area (Å²) in [5.74, 6) is -0.588. The number of hydrogen-bond acceptors (Lipinski definition) is 4. The van der Waals surface area contributed by atoms with Crippen LogP contribution >= 0.6 is 0 Å². The van der Waals surface area contributed by atoms with E-state index >= 15 is 0 Å². The van der Waals surface area contributed by atoms with E-state index in [1.807, 2.05) is 13.8 Å². The van der Waals surface area contributed by atoms with Crippen LogP contribution in [0.3, 0.4) is 0 Å². The zero-order chi connectivity index (χ0) is 11.8. The molecule has 0 aliphatic carbocycles. The van der Waals surface area contributed by atoms with Crippen molar-refractivity contribution >= 4 is 5.97 Å². The number of furan rings is 1. The molecule has 1 aromatic rings. The van der Waals surface area contributed by atoms with E-state index in [0.29, 0.717) is 12.3 Å². The number of carbonyl (C=O) groups is 1. The highest BCUT2D eigenvalue weighted by atomic mass is 16.5. The lowest BCUT2D eigenvalue weighted by Gasteiger charge is -2.07. The smallest absolute Gasteiger partial charge is 0.320 e. The van der Waals surface area contributed by atoms with Crippen LogP contribution in [-0.2, 0) is 4.79 Å². The van der Waals surface area contributed by atoms with E-state index in [0.717, 1.165) is 0 Å². The molecule has 15 heavy (non-hydrogen) atoms. The summed E-state index contributed by atoms with van der Waals surface area (Å²) >= 11 is 0. The minimum Gasteiger partial charge on any atom is -0.481 e. The molecule has 0 saturated heterocycles. The van der Waals surface area contributed by atoms with Gasteiger partial charge in [0.15, 0.2) is 0 Å². The Labute approximate surface area is 88.5 Å². The van der Waals surface area contributed by atoms with Crippen molar-refractivity contribution in [2.75, 3.05) is 0 Å². The lowest BCUT2D eigenvalue weighted by atomic mass is 10.1. The van der Waals surface area contributed by atoms with Crippen LogP contribution in [0.15, 0.2) is 22.8 Å². The molecule has 0 saturated carbocycles. The van der Waals surface area contributed by atoms with Crippen molar-refractivity contribution in [2.45, 2.75) is 26.3 Å². The second-order valence-electron chi connectivity index (χ2n) is 3.53. The Morgan fingerprint density at radius 1 is 1.60 bits per heavy atom. The lowest BCUT2D eigenvalue weighted by molar-refractivity contribution is -0.138. The molecule has 86 valence electrons. The van der Waals surface area contributed by atoms with E-state index in [1.54, 1.807) is 6.07 Å². The van der Waals surface area contributed by atoms with Gasteiger partial charge in [0, 0.05) is 6.07 Å².